The Morgan fingerprint density at radius 1 is 0.865 bits per heavy atom. The predicted molar refractivity (Wildman–Crippen MR) is 159 cm³/mol. The Morgan fingerprint density at radius 3 is 1.92 bits per heavy atom. The molecule has 0 amide bonds. The molecule has 0 bridgehead atoms. The largest absolute Gasteiger partial charge is 0.446 e. The molecule has 1 atom stereocenters. The molecule has 7 heteroatoms. The van der Waals surface area contributed by atoms with Crippen LogP contribution in [-0.2, 0) is 9.67 Å². The minimum absolute atomic E-state index is 0.475. The van der Waals surface area contributed by atoms with E-state index >= 15 is 0 Å². The van der Waals surface area contributed by atoms with Gasteiger partial charge in [-0.05, 0) is 30.9 Å². The molecule has 2 heterocycles. The molecule has 206 valence electrons. The zero-order valence-electron chi connectivity index (χ0n) is 22.8. The van der Waals surface area contributed by atoms with Crippen LogP contribution in [0.1, 0.15) is 128 Å². The molecule has 0 radical (unpaired) electrons. The first-order chi connectivity index (χ1) is 18.1. The lowest BCUT2D eigenvalue weighted by Gasteiger charge is -2.34. The molecule has 1 aromatic heterocycles. The highest BCUT2D eigenvalue weighted by molar-refractivity contribution is 9.10. The van der Waals surface area contributed by atoms with Crippen molar-refractivity contribution in [2.24, 2.45) is 0 Å². The van der Waals surface area contributed by atoms with Gasteiger partial charge in [-0.15, -0.1) is 0 Å². The Balaban J connectivity index is 1.33. The summed E-state index contributed by atoms with van der Waals surface area (Å²) in [5.41, 5.74) is 1.74. The molecule has 0 spiro atoms. The fourth-order valence-electron chi connectivity index (χ4n) is 4.96. The summed E-state index contributed by atoms with van der Waals surface area (Å²) < 4.78 is 14.1. The minimum atomic E-state index is -0.887. The maximum Gasteiger partial charge on any atom is 0.446 e. The summed E-state index contributed by atoms with van der Waals surface area (Å²) in [4.78, 5) is 11.4. The first kappa shape index (κ1) is 30.2. The number of benzene rings is 1. The summed E-state index contributed by atoms with van der Waals surface area (Å²) in [5, 5.41) is 6.09. The van der Waals surface area contributed by atoms with Gasteiger partial charge in [0.15, 0.2) is 0 Å². The molecule has 5 nitrogen and oxygen atoms in total. The van der Waals surface area contributed by atoms with Crippen LogP contribution in [0.3, 0.4) is 0 Å². The van der Waals surface area contributed by atoms with Gasteiger partial charge >= 0.3 is 5.76 Å². The first-order valence-corrected chi connectivity index (χ1v) is 16.1. The van der Waals surface area contributed by atoms with Crippen LogP contribution in [0.5, 0.6) is 0 Å². The number of hydrogen-bond acceptors (Lipinski definition) is 5. The maximum absolute atomic E-state index is 12.3. The van der Waals surface area contributed by atoms with Crippen molar-refractivity contribution in [2.75, 3.05) is 6.61 Å². The van der Waals surface area contributed by atoms with Crippen LogP contribution in [0.25, 0.3) is 5.70 Å². The van der Waals surface area contributed by atoms with E-state index in [9.17, 15) is 4.79 Å². The van der Waals surface area contributed by atoms with Crippen LogP contribution in [0.4, 0.5) is 0 Å². The van der Waals surface area contributed by atoms with Gasteiger partial charge in [0.2, 0.25) is 10.8 Å². The monoisotopic (exact) mass is 592 g/mol. The van der Waals surface area contributed by atoms with E-state index in [1.54, 1.807) is 11.8 Å². The van der Waals surface area contributed by atoms with Gasteiger partial charge < -0.3 is 4.74 Å². The summed E-state index contributed by atoms with van der Waals surface area (Å²) in [6.07, 6.45) is 21.5. The highest BCUT2D eigenvalue weighted by Crippen LogP contribution is 2.47. The third-order valence-corrected chi connectivity index (χ3v) is 9.03. The molecule has 1 aliphatic rings. The fourth-order valence-corrected chi connectivity index (χ4v) is 6.32. The second-order valence-electron chi connectivity index (χ2n) is 10.3. The van der Waals surface area contributed by atoms with Crippen molar-refractivity contribution >= 4 is 33.4 Å². The molecular weight excluding hydrogens is 548 g/mol. The number of thioether (sulfide) groups is 1. The van der Waals surface area contributed by atoms with Gasteiger partial charge in [0, 0.05) is 22.3 Å². The summed E-state index contributed by atoms with van der Waals surface area (Å²) in [6, 6.07) is 8.01. The van der Waals surface area contributed by atoms with Crippen molar-refractivity contribution in [1.29, 1.82) is 0 Å². The maximum atomic E-state index is 12.3. The average Bonchev–Trinajstić information content (AvgIpc) is 3.30. The van der Waals surface area contributed by atoms with Gasteiger partial charge in [-0.3, -0.25) is 4.52 Å². The molecule has 0 N–H and O–H groups in total. The normalized spacial score (nSPS) is 17.1. The second-order valence-corrected chi connectivity index (χ2v) is 12.2. The number of fused-ring (bicyclic) bond motifs is 1. The lowest BCUT2D eigenvalue weighted by atomic mass is 10.0. The number of unbranched alkanes of at least 4 members (excludes halogenated alkanes) is 15. The van der Waals surface area contributed by atoms with E-state index in [0.29, 0.717) is 12.4 Å². The Bertz CT molecular complexity index is 1000. The van der Waals surface area contributed by atoms with Crippen LogP contribution in [0, 0.1) is 0 Å². The molecule has 0 unspecified atom stereocenters. The molecule has 2 aromatic rings. The molecule has 0 saturated heterocycles. The summed E-state index contributed by atoms with van der Waals surface area (Å²) in [5.74, 6) is 0.0258. The number of rotatable bonds is 19. The second kappa shape index (κ2) is 16.6. The molecule has 0 aliphatic carbocycles. The Labute approximate surface area is 235 Å². The quantitative estimate of drug-likeness (QED) is 0.152. The van der Waals surface area contributed by atoms with E-state index in [0.717, 1.165) is 28.6 Å². The van der Waals surface area contributed by atoms with Crippen LogP contribution < -0.4 is 5.76 Å². The lowest BCUT2D eigenvalue weighted by molar-refractivity contribution is 0.0407. The fraction of sp³-hybridized carbons (Fsp3) is 0.667. The van der Waals surface area contributed by atoms with Crippen LogP contribution in [-0.4, -0.2) is 16.3 Å². The number of aromatic nitrogens is 2. The van der Waals surface area contributed by atoms with E-state index in [2.05, 4.69) is 28.0 Å². The van der Waals surface area contributed by atoms with E-state index in [4.69, 9.17) is 9.26 Å². The molecule has 1 aromatic carbocycles. The van der Waals surface area contributed by atoms with E-state index in [-0.39, 0.29) is 0 Å². The van der Waals surface area contributed by atoms with Crippen LogP contribution in [0.15, 0.2) is 43.5 Å². The topological polar surface area (TPSA) is 57.3 Å². The standard InChI is InChI=1S/C30H45BrN2O3S/c1-3-4-5-6-7-8-9-10-11-12-13-14-15-16-17-18-23-35-30(26-19-21-27(31)22-20-26)28-32-36-29(34)33(28)25(2)24-37-30/h19-22,24H,3-18,23H2,1-2H3/t30-/m0/s1. The van der Waals surface area contributed by atoms with E-state index < -0.39 is 10.7 Å². The smallest absolute Gasteiger partial charge is 0.352 e. The van der Waals surface area contributed by atoms with E-state index in [1.165, 1.54) is 94.5 Å². The van der Waals surface area contributed by atoms with Gasteiger partial charge in [0.1, 0.15) is 0 Å². The highest BCUT2D eigenvalue weighted by Gasteiger charge is 2.44. The summed E-state index contributed by atoms with van der Waals surface area (Å²) >= 11 is 5.05. The molecule has 0 saturated carbocycles. The summed E-state index contributed by atoms with van der Waals surface area (Å²) in [7, 11) is 0. The number of nitrogens with zero attached hydrogens (tertiary/aromatic N) is 2. The van der Waals surface area contributed by atoms with Gasteiger partial charge in [-0.25, -0.2) is 9.36 Å². The number of ether oxygens (including phenoxy) is 1. The van der Waals surface area contributed by atoms with Crippen LogP contribution >= 0.6 is 27.7 Å². The predicted octanol–water partition coefficient (Wildman–Crippen LogP) is 9.64. The Kier molecular flexibility index (Phi) is 13.6. The van der Waals surface area contributed by atoms with Crippen molar-refractivity contribution in [1.82, 2.24) is 9.72 Å². The van der Waals surface area contributed by atoms with Crippen LogP contribution in [0.2, 0.25) is 0 Å². The lowest BCUT2D eigenvalue weighted by Crippen LogP contribution is -2.35. The molecule has 1 aliphatic heterocycles. The summed E-state index contributed by atoms with van der Waals surface area (Å²) in [6.45, 7) is 4.77. The third-order valence-electron chi connectivity index (χ3n) is 7.17. The molecule has 3 rings (SSSR count). The zero-order valence-corrected chi connectivity index (χ0v) is 25.2. The number of hydrogen-bond donors (Lipinski definition) is 0. The van der Waals surface area contributed by atoms with Gasteiger partial charge in [-0.1, -0.05) is 148 Å². The van der Waals surface area contributed by atoms with Crippen molar-refractivity contribution < 1.29 is 9.26 Å². The first-order valence-electron chi connectivity index (χ1n) is 14.4. The van der Waals surface area contributed by atoms with E-state index in [1.807, 2.05) is 36.6 Å². The van der Waals surface area contributed by atoms with Crippen molar-refractivity contribution in [3.8, 4) is 0 Å². The van der Waals surface area contributed by atoms with Crippen molar-refractivity contribution in [2.45, 2.75) is 122 Å². The minimum Gasteiger partial charge on any atom is -0.352 e. The van der Waals surface area contributed by atoms with Gasteiger partial charge in [0.25, 0.3) is 0 Å². The van der Waals surface area contributed by atoms with Gasteiger partial charge in [0.05, 0.1) is 0 Å². The number of allylic oxidation sites excluding steroid dienone is 1. The third kappa shape index (κ3) is 9.14. The Morgan fingerprint density at radius 2 is 1.38 bits per heavy atom. The van der Waals surface area contributed by atoms with Gasteiger partial charge in [-0.2, -0.15) is 0 Å². The SMILES string of the molecule is CCCCCCCCCCCCCCCCCCO[C@@]1(c2ccc(Br)cc2)SC=C(C)n2c1noc2=O. The molecule has 37 heavy (non-hydrogen) atoms. The highest BCUT2D eigenvalue weighted by atomic mass is 79.9. The average molecular weight is 594 g/mol. The van der Waals surface area contributed by atoms with Crippen molar-refractivity contribution in [3.05, 3.63) is 56.1 Å². The molecular formula is C30H45BrN2O3S. The van der Waals surface area contributed by atoms with Crippen molar-refractivity contribution in [3.63, 3.8) is 0 Å². The Hall–Kier alpha value is -1.31. The number of halogens is 1. The zero-order chi connectivity index (χ0) is 26.3. The molecule has 0 fully saturated rings.